The first kappa shape index (κ1) is 14.5. The Hall–Kier alpha value is -2.08. The number of hydrogen-bond donors (Lipinski definition) is 0. The number of carbonyl (C=O) groups is 1. The minimum Gasteiger partial charge on any atom is -0.408 e. The molecule has 0 N–H and O–H groups in total. The first-order valence-corrected chi connectivity index (χ1v) is 8.15. The topological polar surface area (TPSA) is 58.7 Å². The van der Waals surface area contributed by atoms with Crippen LogP contribution in [0.3, 0.4) is 0 Å². The van der Waals surface area contributed by atoms with Gasteiger partial charge in [0.2, 0.25) is 0 Å². The number of carbonyl (C=O) groups excluding carboxylic acids is 1. The van der Waals surface area contributed by atoms with Gasteiger partial charge in [0.1, 0.15) is 0 Å². The number of likely N-dealkylation sites (tertiary alicyclic amines) is 1. The molecule has 0 saturated carbocycles. The van der Waals surface area contributed by atoms with E-state index in [1.807, 2.05) is 4.90 Å². The van der Waals surface area contributed by atoms with E-state index in [9.17, 15) is 9.59 Å². The molecule has 2 aromatic rings. The van der Waals surface area contributed by atoms with Crippen molar-refractivity contribution in [2.45, 2.75) is 31.3 Å². The molecule has 0 aliphatic carbocycles. The van der Waals surface area contributed by atoms with Crippen LogP contribution in [0.5, 0.6) is 0 Å². The molecule has 2 fully saturated rings. The third-order valence-corrected chi connectivity index (χ3v) is 5.47. The molecule has 1 aromatic carbocycles. The molecule has 3 heterocycles. The fourth-order valence-corrected chi connectivity index (χ4v) is 3.94. The van der Waals surface area contributed by atoms with Gasteiger partial charge in [-0.2, -0.15) is 0 Å². The molecule has 122 valence electrons. The monoisotopic (exact) mass is 315 g/mol. The lowest BCUT2D eigenvalue weighted by atomic mass is 10.1. The van der Waals surface area contributed by atoms with Gasteiger partial charge < -0.3 is 9.32 Å². The van der Waals surface area contributed by atoms with Gasteiger partial charge in [-0.05, 0) is 44.5 Å². The third-order valence-electron chi connectivity index (χ3n) is 5.47. The molecular formula is C17H21N3O3. The zero-order chi connectivity index (χ0) is 16.1. The fourth-order valence-electron chi connectivity index (χ4n) is 3.94. The van der Waals surface area contributed by atoms with Gasteiger partial charge in [0, 0.05) is 37.8 Å². The molecule has 2 aliphatic rings. The van der Waals surface area contributed by atoms with E-state index in [1.54, 1.807) is 25.2 Å². The van der Waals surface area contributed by atoms with Crippen molar-refractivity contribution < 1.29 is 9.21 Å². The summed E-state index contributed by atoms with van der Waals surface area (Å²) in [5.74, 6) is -0.361. The summed E-state index contributed by atoms with van der Waals surface area (Å²) in [6.07, 6.45) is 3.44. The summed E-state index contributed by atoms with van der Waals surface area (Å²) in [4.78, 5) is 28.9. The Labute approximate surface area is 134 Å². The summed E-state index contributed by atoms with van der Waals surface area (Å²) in [5.41, 5.74) is 1.80. The van der Waals surface area contributed by atoms with Crippen LogP contribution in [0.15, 0.2) is 27.4 Å². The average Bonchev–Trinajstić information content (AvgIpc) is 2.95. The number of nitrogens with zero attached hydrogens (tertiary/aromatic N) is 3. The lowest BCUT2D eigenvalue weighted by Crippen LogP contribution is -2.39. The minimum absolute atomic E-state index is 0.0431. The molecule has 0 radical (unpaired) electrons. The van der Waals surface area contributed by atoms with E-state index < -0.39 is 5.76 Å². The van der Waals surface area contributed by atoms with Crippen molar-refractivity contribution in [2.75, 3.05) is 20.1 Å². The van der Waals surface area contributed by atoms with Gasteiger partial charge in [0.15, 0.2) is 5.58 Å². The molecule has 2 bridgehead atoms. The third kappa shape index (κ3) is 2.28. The molecule has 2 atom stereocenters. The second kappa shape index (κ2) is 5.23. The van der Waals surface area contributed by atoms with Gasteiger partial charge in [-0.3, -0.25) is 14.3 Å². The normalized spacial score (nSPS) is 25.0. The number of aromatic nitrogens is 1. The van der Waals surface area contributed by atoms with Crippen LogP contribution in [0.25, 0.3) is 11.1 Å². The highest BCUT2D eigenvalue weighted by Gasteiger charge is 2.36. The summed E-state index contributed by atoms with van der Waals surface area (Å²) >= 11 is 0. The van der Waals surface area contributed by atoms with E-state index in [2.05, 4.69) is 11.9 Å². The smallest absolute Gasteiger partial charge is 0.408 e. The van der Waals surface area contributed by atoms with Crippen LogP contribution >= 0.6 is 0 Å². The van der Waals surface area contributed by atoms with Crippen molar-refractivity contribution in [2.24, 2.45) is 7.05 Å². The number of hydrogen-bond acceptors (Lipinski definition) is 4. The average molecular weight is 315 g/mol. The summed E-state index contributed by atoms with van der Waals surface area (Å²) < 4.78 is 6.56. The lowest BCUT2D eigenvalue weighted by molar-refractivity contribution is 0.0740. The minimum atomic E-state index is -0.404. The van der Waals surface area contributed by atoms with Crippen LogP contribution in [0.4, 0.5) is 0 Å². The largest absolute Gasteiger partial charge is 0.419 e. The van der Waals surface area contributed by atoms with Crippen molar-refractivity contribution >= 4 is 17.0 Å². The summed E-state index contributed by atoms with van der Waals surface area (Å²) in [6, 6.07) is 6.29. The van der Waals surface area contributed by atoms with Crippen molar-refractivity contribution in [3.8, 4) is 0 Å². The molecule has 1 aromatic heterocycles. The van der Waals surface area contributed by atoms with Crippen LogP contribution in [-0.2, 0) is 7.05 Å². The number of benzene rings is 1. The van der Waals surface area contributed by atoms with E-state index in [0.717, 1.165) is 19.5 Å². The lowest BCUT2D eigenvalue weighted by Gasteiger charge is -2.25. The van der Waals surface area contributed by atoms with Gasteiger partial charge in [0.05, 0.1) is 5.52 Å². The highest BCUT2D eigenvalue weighted by Crippen LogP contribution is 2.29. The molecule has 4 rings (SSSR count). The van der Waals surface area contributed by atoms with Crippen molar-refractivity contribution in [3.05, 3.63) is 34.3 Å². The number of oxazole rings is 1. The molecule has 2 aliphatic heterocycles. The van der Waals surface area contributed by atoms with Crippen LogP contribution in [-0.4, -0.2) is 52.5 Å². The maximum Gasteiger partial charge on any atom is 0.419 e. The molecule has 6 heteroatoms. The highest BCUT2D eigenvalue weighted by molar-refractivity contribution is 5.97. The molecule has 0 unspecified atom stereocenters. The van der Waals surface area contributed by atoms with Gasteiger partial charge >= 0.3 is 5.76 Å². The second-order valence-electron chi connectivity index (χ2n) is 6.70. The second-order valence-corrected chi connectivity index (χ2v) is 6.70. The zero-order valence-corrected chi connectivity index (χ0v) is 13.5. The van der Waals surface area contributed by atoms with Crippen molar-refractivity contribution in [1.82, 2.24) is 14.4 Å². The van der Waals surface area contributed by atoms with E-state index in [-0.39, 0.29) is 5.91 Å². The maximum atomic E-state index is 12.9. The summed E-state index contributed by atoms with van der Waals surface area (Å²) in [5, 5.41) is 0. The highest BCUT2D eigenvalue weighted by atomic mass is 16.4. The van der Waals surface area contributed by atoms with Crippen LogP contribution in [0.1, 0.15) is 29.6 Å². The molecule has 0 spiro atoms. The molecule has 1 amide bonds. The SMILES string of the molecule is CN1[C@H]2CC[C@@H]1CN(C(=O)c1ccc3oc(=O)n(C)c3c1)CC2. The zero-order valence-electron chi connectivity index (χ0n) is 13.5. The van der Waals surface area contributed by atoms with E-state index >= 15 is 0 Å². The first-order valence-electron chi connectivity index (χ1n) is 8.15. The van der Waals surface area contributed by atoms with Gasteiger partial charge in [-0.15, -0.1) is 0 Å². The predicted octanol–water partition coefficient (Wildman–Crippen LogP) is 1.44. The Balaban J connectivity index is 1.64. The number of likely N-dealkylation sites (N-methyl/N-ethyl adjacent to an activating group) is 1. The van der Waals surface area contributed by atoms with Gasteiger partial charge in [-0.1, -0.05) is 0 Å². The molecule has 23 heavy (non-hydrogen) atoms. The van der Waals surface area contributed by atoms with E-state index in [0.29, 0.717) is 28.7 Å². The van der Waals surface area contributed by atoms with Crippen molar-refractivity contribution in [1.29, 1.82) is 0 Å². The van der Waals surface area contributed by atoms with Crippen LogP contribution in [0, 0.1) is 0 Å². The standard InChI is InChI=1S/C17H21N3O3/c1-18-12-4-5-13(18)10-20(8-7-12)16(21)11-3-6-15-14(9-11)19(2)17(22)23-15/h3,6,9,12-13H,4-5,7-8,10H2,1-2H3/t12-,13+/m0/s1. The van der Waals surface area contributed by atoms with E-state index in [1.165, 1.54) is 17.4 Å². The number of rotatable bonds is 1. The van der Waals surface area contributed by atoms with E-state index in [4.69, 9.17) is 4.42 Å². The van der Waals surface area contributed by atoms with Crippen LogP contribution in [0.2, 0.25) is 0 Å². The Morgan fingerprint density at radius 1 is 1.17 bits per heavy atom. The summed E-state index contributed by atoms with van der Waals surface area (Å²) in [6.45, 7) is 1.58. The molecule has 2 saturated heterocycles. The molecule has 6 nitrogen and oxygen atoms in total. The first-order chi connectivity index (χ1) is 11.0. The van der Waals surface area contributed by atoms with Gasteiger partial charge in [-0.25, -0.2) is 4.79 Å². The maximum absolute atomic E-state index is 12.9. The molecular weight excluding hydrogens is 294 g/mol. The Kier molecular flexibility index (Phi) is 3.30. The Bertz CT molecular complexity index is 822. The number of fused-ring (bicyclic) bond motifs is 3. The number of aryl methyl sites for hydroxylation is 1. The fraction of sp³-hybridized carbons (Fsp3) is 0.529. The summed E-state index contributed by atoms with van der Waals surface area (Å²) in [7, 11) is 3.83. The van der Waals surface area contributed by atoms with Crippen LogP contribution < -0.4 is 5.76 Å². The predicted molar refractivity (Wildman–Crippen MR) is 86.5 cm³/mol. The number of amides is 1. The Morgan fingerprint density at radius 2 is 1.96 bits per heavy atom. The quantitative estimate of drug-likeness (QED) is 0.799. The van der Waals surface area contributed by atoms with Gasteiger partial charge in [0.25, 0.3) is 5.91 Å². The van der Waals surface area contributed by atoms with Crippen molar-refractivity contribution in [3.63, 3.8) is 0 Å². The Morgan fingerprint density at radius 3 is 2.78 bits per heavy atom.